The van der Waals surface area contributed by atoms with Crippen molar-refractivity contribution in [3.8, 4) is 5.75 Å². The van der Waals surface area contributed by atoms with Crippen LogP contribution in [0.1, 0.15) is 24.1 Å². The summed E-state index contributed by atoms with van der Waals surface area (Å²) in [5, 5.41) is 5.61. The highest BCUT2D eigenvalue weighted by Crippen LogP contribution is 2.30. The fourth-order valence-electron chi connectivity index (χ4n) is 2.25. The van der Waals surface area contributed by atoms with E-state index in [4.69, 9.17) is 4.74 Å². The molecule has 2 aromatic carbocycles. The highest BCUT2D eigenvalue weighted by molar-refractivity contribution is 5.92. The summed E-state index contributed by atoms with van der Waals surface area (Å²) in [6.45, 7) is 1.67. The molecule has 0 fully saturated rings. The Bertz CT molecular complexity index is 732. The van der Waals surface area contributed by atoms with Gasteiger partial charge in [-0.1, -0.05) is 18.2 Å². The van der Waals surface area contributed by atoms with E-state index in [9.17, 15) is 18.0 Å². The molecule has 2 N–H and O–H groups in total. The third-order valence-corrected chi connectivity index (χ3v) is 3.64. The standard InChI is InChI=1S/C18H19F3N2O2/c1-12(13-5-3-6-14(9-13)18(19,20)21)22-11-17(24)23-15-7-4-8-16(10-15)25-2/h3-10,12,22H,11H2,1-2H3,(H,23,24). The number of carbonyl (C=O) groups is 1. The molecule has 25 heavy (non-hydrogen) atoms. The van der Waals surface area contributed by atoms with E-state index >= 15 is 0 Å². The molecule has 0 aromatic heterocycles. The van der Waals surface area contributed by atoms with E-state index in [2.05, 4.69) is 10.6 Å². The topological polar surface area (TPSA) is 50.4 Å². The Morgan fingerprint density at radius 3 is 2.56 bits per heavy atom. The Morgan fingerprint density at radius 2 is 1.88 bits per heavy atom. The van der Waals surface area contributed by atoms with Crippen molar-refractivity contribution in [2.45, 2.75) is 19.1 Å². The van der Waals surface area contributed by atoms with Crippen LogP contribution in [0.2, 0.25) is 0 Å². The normalized spacial score (nSPS) is 12.5. The molecule has 0 aliphatic heterocycles. The number of nitrogens with one attached hydrogen (secondary N) is 2. The predicted molar refractivity (Wildman–Crippen MR) is 89.5 cm³/mol. The first kappa shape index (κ1) is 18.8. The molecule has 0 saturated heterocycles. The van der Waals surface area contributed by atoms with Gasteiger partial charge in [-0.15, -0.1) is 0 Å². The van der Waals surface area contributed by atoms with Crippen molar-refractivity contribution in [1.29, 1.82) is 0 Å². The second kappa shape index (κ2) is 8.02. The van der Waals surface area contributed by atoms with E-state index in [0.29, 0.717) is 17.0 Å². The van der Waals surface area contributed by atoms with Crippen LogP contribution < -0.4 is 15.4 Å². The van der Waals surface area contributed by atoms with Gasteiger partial charge in [0.1, 0.15) is 5.75 Å². The van der Waals surface area contributed by atoms with Gasteiger partial charge >= 0.3 is 6.18 Å². The molecule has 1 atom stereocenters. The number of ether oxygens (including phenoxy) is 1. The summed E-state index contributed by atoms with van der Waals surface area (Å²) in [6.07, 6.45) is -4.39. The number of hydrogen-bond acceptors (Lipinski definition) is 3. The summed E-state index contributed by atoms with van der Waals surface area (Å²) in [4.78, 5) is 12.0. The van der Waals surface area contributed by atoms with Crippen LogP contribution in [-0.2, 0) is 11.0 Å². The van der Waals surface area contributed by atoms with Crippen molar-refractivity contribution in [2.75, 3.05) is 19.0 Å². The zero-order valence-corrected chi connectivity index (χ0v) is 13.9. The maximum absolute atomic E-state index is 12.8. The average molecular weight is 352 g/mol. The summed E-state index contributed by atoms with van der Waals surface area (Å²) in [5.41, 5.74) is 0.335. The average Bonchev–Trinajstić information content (AvgIpc) is 2.59. The number of amides is 1. The van der Waals surface area contributed by atoms with E-state index < -0.39 is 17.8 Å². The van der Waals surface area contributed by atoms with Gasteiger partial charge in [-0.3, -0.25) is 4.79 Å². The van der Waals surface area contributed by atoms with Gasteiger partial charge in [-0.2, -0.15) is 13.2 Å². The number of anilines is 1. The van der Waals surface area contributed by atoms with E-state index in [1.165, 1.54) is 13.2 Å². The summed E-state index contributed by atoms with van der Waals surface area (Å²) in [6, 6.07) is 11.5. The maximum atomic E-state index is 12.8. The Labute approximate surface area is 144 Å². The van der Waals surface area contributed by atoms with Crippen molar-refractivity contribution in [1.82, 2.24) is 5.32 Å². The van der Waals surface area contributed by atoms with Gasteiger partial charge in [-0.05, 0) is 36.8 Å². The minimum absolute atomic E-state index is 0.0331. The molecule has 4 nitrogen and oxygen atoms in total. The number of rotatable bonds is 6. The van der Waals surface area contributed by atoms with E-state index in [1.807, 2.05) is 0 Å². The molecule has 0 saturated carbocycles. The van der Waals surface area contributed by atoms with Gasteiger partial charge in [0.15, 0.2) is 0 Å². The Kier molecular flexibility index (Phi) is 6.03. The smallest absolute Gasteiger partial charge is 0.416 e. The summed E-state index contributed by atoms with van der Waals surface area (Å²) in [5.74, 6) is 0.315. The van der Waals surface area contributed by atoms with Crippen molar-refractivity contribution in [2.24, 2.45) is 0 Å². The van der Waals surface area contributed by atoms with Crippen LogP contribution >= 0.6 is 0 Å². The van der Waals surface area contributed by atoms with Crippen molar-refractivity contribution in [3.63, 3.8) is 0 Å². The molecule has 0 aliphatic rings. The lowest BCUT2D eigenvalue weighted by molar-refractivity contribution is -0.137. The molecule has 2 rings (SSSR count). The minimum atomic E-state index is -4.39. The minimum Gasteiger partial charge on any atom is -0.497 e. The summed E-state index contributed by atoms with van der Waals surface area (Å²) in [7, 11) is 1.53. The lowest BCUT2D eigenvalue weighted by atomic mass is 10.0. The monoisotopic (exact) mass is 352 g/mol. The van der Waals surface area contributed by atoms with Crippen molar-refractivity contribution in [3.05, 3.63) is 59.7 Å². The molecule has 1 unspecified atom stereocenters. The molecule has 134 valence electrons. The third-order valence-electron chi connectivity index (χ3n) is 3.64. The molecule has 0 bridgehead atoms. The molecule has 0 heterocycles. The van der Waals surface area contributed by atoms with E-state index in [0.717, 1.165) is 12.1 Å². The first-order valence-corrected chi connectivity index (χ1v) is 7.64. The van der Waals surface area contributed by atoms with Crippen LogP contribution in [0.5, 0.6) is 5.75 Å². The Morgan fingerprint density at radius 1 is 1.16 bits per heavy atom. The lowest BCUT2D eigenvalue weighted by Gasteiger charge is -2.16. The molecule has 0 spiro atoms. The highest BCUT2D eigenvalue weighted by atomic mass is 19.4. The Hall–Kier alpha value is -2.54. The number of hydrogen-bond donors (Lipinski definition) is 2. The molecule has 2 aromatic rings. The van der Waals surface area contributed by atoms with Crippen molar-refractivity contribution < 1.29 is 22.7 Å². The number of halogens is 3. The first-order valence-electron chi connectivity index (χ1n) is 7.64. The van der Waals surface area contributed by atoms with Crippen LogP contribution in [0, 0.1) is 0 Å². The van der Waals surface area contributed by atoms with Gasteiger partial charge < -0.3 is 15.4 Å². The summed E-state index contributed by atoms with van der Waals surface area (Å²) < 4.78 is 43.3. The van der Waals surface area contributed by atoms with Crippen LogP contribution in [0.3, 0.4) is 0 Å². The molecule has 1 amide bonds. The van der Waals surface area contributed by atoms with E-state index in [1.54, 1.807) is 37.3 Å². The number of benzene rings is 2. The largest absolute Gasteiger partial charge is 0.497 e. The third kappa shape index (κ3) is 5.49. The highest BCUT2D eigenvalue weighted by Gasteiger charge is 2.30. The second-order valence-electron chi connectivity index (χ2n) is 5.51. The first-order chi connectivity index (χ1) is 11.8. The second-order valence-corrected chi connectivity index (χ2v) is 5.51. The summed E-state index contributed by atoms with van der Waals surface area (Å²) >= 11 is 0. The van der Waals surface area contributed by atoms with Crippen LogP contribution in [0.15, 0.2) is 48.5 Å². The molecule has 7 heteroatoms. The number of methoxy groups -OCH3 is 1. The van der Waals surface area contributed by atoms with E-state index in [-0.39, 0.29) is 12.5 Å². The van der Waals surface area contributed by atoms with Crippen LogP contribution in [0.25, 0.3) is 0 Å². The van der Waals surface area contributed by atoms with Crippen molar-refractivity contribution >= 4 is 11.6 Å². The lowest BCUT2D eigenvalue weighted by Crippen LogP contribution is -2.30. The van der Waals surface area contributed by atoms with Gasteiger partial charge in [0.05, 0.1) is 19.2 Å². The number of carbonyl (C=O) groups excluding carboxylic acids is 1. The van der Waals surface area contributed by atoms with Gasteiger partial charge in [0, 0.05) is 17.8 Å². The van der Waals surface area contributed by atoms with Crippen LogP contribution in [0.4, 0.5) is 18.9 Å². The quantitative estimate of drug-likeness (QED) is 0.826. The van der Waals surface area contributed by atoms with Gasteiger partial charge in [0.25, 0.3) is 0 Å². The predicted octanol–water partition coefficient (Wildman–Crippen LogP) is 4.00. The van der Waals surface area contributed by atoms with Crippen LogP contribution in [-0.4, -0.2) is 19.6 Å². The van der Waals surface area contributed by atoms with Gasteiger partial charge in [0.2, 0.25) is 5.91 Å². The number of alkyl halides is 3. The molecular formula is C18H19F3N2O2. The molecule has 0 aliphatic carbocycles. The molecule has 0 radical (unpaired) electrons. The SMILES string of the molecule is COc1cccc(NC(=O)CNC(C)c2cccc(C(F)(F)F)c2)c1. The fourth-order valence-corrected chi connectivity index (χ4v) is 2.25. The molecular weight excluding hydrogens is 333 g/mol. The Balaban J connectivity index is 1.93. The maximum Gasteiger partial charge on any atom is 0.416 e. The zero-order valence-electron chi connectivity index (χ0n) is 13.9. The van der Waals surface area contributed by atoms with Gasteiger partial charge in [-0.25, -0.2) is 0 Å². The zero-order chi connectivity index (χ0) is 18.4. The fraction of sp³-hybridized carbons (Fsp3) is 0.278.